The number of hydrogen-bond donors (Lipinski definition) is 1. The fourth-order valence-electron chi connectivity index (χ4n) is 2.31. The highest BCUT2D eigenvalue weighted by Crippen LogP contribution is 2.31. The molecule has 19 heavy (non-hydrogen) atoms. The fourth-order valence-corrected chi connectivity index (χ4v) is 3.09. The molecule has 1 fully saturated rings. The molecule has 3 rings (SSSR count). The summed E-state index contributed by atoms with van der Waals surface area (Å²) in [4.78, 5) is 17.7. The van der Waals surface area contributed by atoms with Crippen molar-refractivity contribution in [1.29, 1.82) is 0 Å². The van der Waals surface area contributed by atoms with Crippen molar-refractivity contribution in [3.05, 3.63) is 23.7 Å². The van der Waals surface area contributed by atoms with Crippen LogP contribution >= 0.6 is 11.3 Å². The van der Waals surface area contributed by atoms with Gasteiger partial charge in [0.1, 0.15) is 5.82 Å². The molecule has 1 atom stereocenters. The highest BCUT2D eigenvalue weighted by Gasteiger charge is 2.40. The Morgan fingerprint density at radius 2 is 2.42 bits per heavy atom. The van der Waals surface area contributed by atoms with E-state index in [1.807, 2.05) is 22.4 Å². The number of nitrogens with zero attached hydrogens (tertiary/aromatic N) is 2. The van der Waals surface area contributed by atoms with Crippen molar-refractivity contribution < 1.29 is 14.6 Å². The number of rotatable bonds is 2. The predicted molar refractivity (Wildman–Crippen MR) is 73.8 cm³/mol. The quantitative estimate of drug-likeness (QED) is 0.910. The van der Waals surface area contributed by atoms with E-state index in [1.165, 1.54) is 0 Å². The fraction of sp³-hybridized carbons (Fsp3) is 0.385. The van der Waals surface area contributed by atoms with Gasteiger partial charge in [-0.1, -0.05) is 0 Å². The average Bonchev–Trinajstić information content (AvgIpc) is 2.86. The van der Waals surface area contributed by atoms with E-state index in [9.17, 15) is 9.90 Å². The molecule has 0 saturated carbocycles. The summed E-state index contributed by atoms with van der Waals surface area (Å²) in [5.74, 6) is -0.0933. The number of pyridine rings is 1. The normalized spacial score (nSPS) is 23.7. The van der Waals surface area contributed by atoms with Crippen LogP contribution in [-0.4, -0.2) is 41.4 Å². The van der Waals surface area contributed by atoms with E-state index in [1.54, 1.807) is 24.5 Å². The van der Waals surface area contributed by atoms with Crippen molar-refractivity contribution in [3.8, 4) is 0 Å². The smallest absolute Gasteiger partial charge is 0.337 e. The van der Waals surface area contributed by atoms with Crippen LogP contribution in [0.2, 0.25) is 0 Å². The number of carboxylic acid groups (broad SMARTS) is 1. The van der Waals surface area contributed by atoms with E-state index >= 15 is 0 Å². The van der Waals surface area contributed by atoms with Crippen LogP contribution in [0, 0.1) is 0 Å². The topological polar surface area (TPSA) is 62.7 Å². The molecular weight excluding hydrogens is 264 g/mol. The zero-order chi connectivity index (χ0) is 13.5. The van der Waals surface area contributed by atoms with Crippen LogP contribution in [-0.2, 0) is 9.53 Å². The Labute approximate surface area is 114 Å². The van der Waals surface area contributed by atoms with Gasteiger partial charge in [0.15, 0.2) is 5.60 Å². The predicted octanol–water partition coefficient (Wildman–Crippen LogP) is 1.98. The number of thiophene rings is 1. The second-order valence-corrected chi connectivity index (χ2v) is 5.72. The van der Waals surface area contributed by atoms with Crippen LogP contribution in [0.15, 0.2) is 23.7 Å². The van der Waals surface area contributed by atoms with Crippen LogP contribution in [0.4, 0.5) is 5.82 Å². The summed E-state index contributed by atoms with van der Waals surface area (Å²) in [6, 6.07) is 4.00. The summed E-state index contributed by atoms with van der Waals surface area (Å²) in [6.07, 6.45) is 1.77. The van der Waals surface area contributed by atoms with Gasteiger partial charge in [-0.3, -0.25) is 0 Å². The zero-order valence-electron chi connectivity index (χ0n) is 10.5. The van der Waals surface area contributed by atoms with Gasteiger partial charge in [0.2, 0.25) is 0 Å². The standard InChI is InChI=1S/C13H14N2O3S/c1-13(12(16)17)8-15(5-6-18-13)11-9-3-7-19-10(9)2-4-14-11/h2-4,7H,5-6,8H2,1H3,(H,16,17). The lowest BCUT2D eigenvalue weighted by molar-refractivity contribution is -0.164. The van der Waals surface area contributed by atoms with Crippen molar-refractivity contribution in [1.82, 2.24) is 4.98 Å². The van der Waals surface area contributed by atoms with Crippen molar-refractivity contribution in [2.75, 3.05) is 24.6 Å². The molecule has 0 amide bonds. The lowest BCUT2D eigenvalue weighted by atomic mass is 10.0. The number of morpholine rings is 1. The minimum Gasteiger partial charge on any atom is -0.479 e. The Balaban J connectivity index is 1.98. The maximum atomic E-state index is 11.3. The Morgan fingerprint density at radius 3 is 3.21 bits per heavy atom. The van der Waals surface area contributed by atoms with Gasteiger partial charge in [-0.15, -0.1) is 11.3 Å². The van der Waals surface area contributed by atoms with E-state index in [0.717, 1.165) is 15.9 Å². The maximum absolute atomic E-state index is 11.3. The third-order valence-corrected chi connectivity index (χ3v) is 4.27. The zero-order valence-corrected chi connectivity index (χ0v) is 11.3. The van der Waals surface area contributed by atoms with Gasteiger partial charge in [-0.05, 0) is 24.4 Å². The molecular formula is C13H14N2O3S. The number of fused-ring (bicyclic) bond motifs is 1. The summed E-state index contributed by atoms with van der Waals surface area (Å²) in [5, 5.41) is 12.4. The maximum Gasteiger partial charge on any atom is 0.337 e. The Morgan fingerprint density at radius 1 is 1.58 bits per heavy atom. The molecule has 100 valence electrons. The number of ether oxygens (including phenoxy) is 1. The van der Waals surface area contributed by atoms with Crippen molar-refractivity contribution in [2.24, 2.45) is 0 Å². The van der Waals surface area contributed by atoms with Crippen molar-refractivity contribution in [3.63, 3.8) is 0 Å². The molecule has 1 N–H and O–H groups in total. The molecule has 3 heterocycles. The van der Waals surface area contributed by atoms with Gasteiger partial charge in [0.05, 0.1) is 13.2 Å². The van der Waals surface area contributed by atoms with Crippen LogP contribution in [0.5, 0.6) is 0 Å². The lowest BCUT2D eigenvalue weighted by Gasteiger charge is -2.38. The molecule has 5 nitrogen and oxygen atoms in total. The molecule has 0 spiro atoms. The molecule has 0 radical (unpaired) electrons. The molecule has 2 aromatic heterocycles. The lowest BCUT2D eigenvalue weighted by Crippen LogP contribution is -2.55. The average molecular weight is 278 g/mol. The molecule has 0 aliphatic carbocycles. The SMILES string of the molecule is CC1(C(=O)O)CN(c2nccc3sccc23)CCO1. The first kappa shape index (κ1) is 12.4. The van der Waals surface area contributed by atoms with Crippen LogP contribution in [0.25, 0.3) is 10.1 Å². The van der Waals surface area contributed by atoms with Gasteiger partial charge in [-0.25, -0.2) is 9.78 Å². The Hall–Kier alpha value is -1.66. The highest BCUT2D eigenvalue weighted by molar-refractivity contribution is 7.17. The monoisotopic (exact) mass is 278 g/mol. The molecule has 1 unspecified atom stereocenters. The van der Waals surface area contributed by atoms with Gasteiger partial charge in [0, 0.05) is 22.8 Å². The van der Waals surface area contributed by atoms with E-state index in [4.69, 9.17) is 4.74 Å². The third kappa shape index (κ3) is 2.06. The van der Waals surface area contributed by atoms with Gasteiger partial charge in [0.25, 0.3) is 0 Å². The van der Waals surface area contributed by atoms with Gasteiger partial charge >= 0.3 is 5.97 Å². The molecule has 2 aromatic rings. The number of aromatic nitrogens is 1. The summed E-state index contributed by atoms with van der Waals surface area (Å²) >= 11 is 1.66. The Bertz CT molecular complexity index is 627. The van der Waals surface area contributed by atoms with E-state index < -0.39 is 11.6 Å². The summed E-state index contributed by atoms with van der Waals surface area (Å²) in [6.45, 7) is 2.97. The van der Waals surface area contributed by atoms with Crippen LogP contribution in [0.3, 0.4) is 0 Å². The molecule has 0 bridgehead atoms. The minimum atomic E-state index is -1.17. The van der Waals surface area contributed by atoms with Gasteiger partial charge < -0.3 is 14.7 Å². The molecule has 6 heteroatoms. The summed E-state index contributed by atoms with van der Waals surface area (Å²) in [7, 11) is 0. The summed E-state index contributed by atoms with van der Waals surface area (Å²) in [5.41, 5.74) is -1.17. The highest BCUT2D eigenvalue weighted by atomic mass is 32.1. The van der Waals surface area contributed by atoms with E-state index in [-0.39, 0.29) is 0 Å². The molecule has 0 aromatic carbocycles. The van der Waals surface area contributed by atoms with E-state index in [0.29, 0.717) is 19.7 Å². The molecule has 1 aliphatic heterocycles. The summed E-state index contributed by atoms with van der Waals surface area (Å²) < 4.78 is 6.57. The number of carbonyl (C=O) groups is 1. The minimum absolute atomic E-state index is 0.310. The first-order valence-electron chi connectivity index (χ1n) is 6.05. The first-order valence-corrected chi connectivity index (χ1v) is 6.93. The van der Waals surface area contributed by atoms with E-state index in [2.05, 4.69) is 4.98 Å². The van der Waals surface area contributed by atoms with Crippen LogP contribution in [0.1, 0.15) is 6.92 Å². The van der Waals surface area contributed by atoms with Crippen LogP contribution < -0.4 is 4.90 Å². The number of hydrogen-bond acceptors (Lipinski definition) is 5. The van der Waals surface area contributed by atoms with Crippen molar-refractivity contribution in [2.45, 2.75) is 12.5 Å². The van der Waals surface area contributed by atoms with Gasteiger partial charge in [-0.2, -0.15) is 0 Å². The number of aliphatic carboxylic acids is 1. The number of carboxylic acids is 1. The molecule has 1 saturated heterocycles. The second kappa shape index (κ2) is 4.47. The molecule has 1 aliphatic rings. The second-order valence-electron chi connectivity index (χ2n) is 4.77. The number of anilines is 1. The first-order chi connectivity index (χ1) is 9.10. The van der Waals surface area contributed by atoms with Crippen molar-refractivity contribution >= 4 is 33.2 Å². The largest absolute Gasteiger partial charge is 0.479 e. The third-order valence-electron chi connectivity index (χ3n) is 3.39. The Kier molecular flexibility index (Phi) is 2.91.